The van der Waals surface area contributed by atoms with Crippen molar-refractivity contribution in [3.63, 3.8) is 0 Å². The van der Waals surface area contributed by atoms with Gasteiger partial charge in [-0.25, -0.2) is 9.79 Å². The fourth-order valence-corrected chi connectivity index (χ4v) is 3.91. The van der Waals surface area contributed by atoms with Gasteiger partial charge in [-0.05, 0) is 31.0 Å². The summed E-state index contributed by atoms with van der Waals surface area (Å²) >= 11 is 0. The molecule has 3 aliphatic rings. The van der Waals surface area contributed by atoms with Gasteiger partial charge in [0.25, 0.3) is 5.91 Å². The summed E-state index contributed by atoms with van der Waals surface area (Å²) in [6, 6.07) is 7.35. The number of urea groups is 1. The number of nitrogens with zero attached hydrogens (tertiary/aromatic N) is 5. The molecule has 8 heteroatoms. The number of guanidine groups is 1. The van der Waals surface area contributed by atoms with E-state index in [1.165, 1.54) is 9.80 Å². The minimum atomic E-state index is -0.497. The molecule has 3 heterocycles. The summed E-state index contributed by atoms with van der Waals surface area (Å²) < 4.78 is 0. The van der Waals surface area contributed by atoms with Crippen molar-refractivity contribution in [2.24, 2.45) is 4.99 Å². The van der Waals surface area contributed by atoms with Crippen molar-refractivity contribution >= 4 is 23.6 Å². The van der Waals surface area contributed by atoms with Crippen LogP contribution in [0.1, 0.15) is 12.0 Å². The maximum absolute atomic E-state index is 13.0. The number of rotatable bonds is 4. The number of aryl methyl sites for hydroxylation is 1. The smallest absolute Gasteiger partial charge is 0.328 e. The number of benzene rings is 1. The Morgan fingerprint density at radius 2 is 2.08 bits per heavy atom. The number of anilines is 1. The van der Waals surface area contributed by atoms with Crippen molar-refractivity contribution in [1.82, 2.24) is 14.7 Å². The Labute approximate surface area is 152 Å². The Kier molecular flexibility index (Phi) is 4.07. The van der Waals surface area contributed by atoms with E-state index in [9.17, 15) is 9.59 Å². The summed E-state index contributed by atoms with van der Waals surface area (Å²) in [5.41, 5.74) is 2.21. The fraction of sp³-hybridized carbons (Fsp3) is 0.500. The molecule has 2 fully saturated rings. The van der Waals surface area contributed by atoms with E-state index in [1.807, 2.05) is 30.0 Å². The molecule has 4 rings (SSSR count). The van der Waals surface area contributed by atoms with Crippen molar-refractivity contribution in [3.8, 4) is 0 Å². The molecule has 1 aromatic rings. The van der Waals surface area contributed by atoms with Gasteiger partial charge in [0.05, 0.1) is 0 Å². The molecule has 3 amide bonds. The zero-order valence-corrected chi connectivity index (χ0v) is 15.0. The molecule has 0 aromatic heterocycles. The van der Waals surface area contributed by atoms with Crippen LogP contribution >= 0.6 is 0 Å². The van der Waals surface area contributed by atoms with Crippen molar-refractivity contribution in [3.05, 3.63) is 29.8 Å². The monoisotopic (exact) mass is 357 g/mol. The Balaban J connectivity index is 1.64. The van der Waals surface area contributed by atoms with Gasteiger partial charge in [-0.3, -0.25) is 9.69 Å². The van der Waals surface area contributed by atoms with Crippen molar-refractivity contribution in [2.75, 3.05) is 38.2 Å². The van der Waals surface area contributed by atoms with Crippen LogP contribution in [-0.4, -0.2) is 83.2 Å². The third-order valence-electron chi connectivity index (χ3n) is 5.23. The minimum Gasteiger partial charge on any atom is -0.396 e. The molecule has 3 aliphatic heterocycles. The van der Waals surface area contributed by atoms with Gasteiger partial charge in [-0.2, -0.15) is 0 Å². The number of likely N-dealkylation sites (N-methyl/N-ethyl adjacent to an activating group) is 1. The first-order valence-corrected chi connectivity index (χ1v) is 8.90. The zero-order valence-electron chi connectivity index (χ0n) is 15.0. The second-order valence-electron chi connectivity index (χ2n) is 6.93. The standard InChI is InChI=1S/C18H23N5O3/c1-12-5-3-6-13(11-12)21-8-9-22-14-15(19-17(21)22)20(2)18(26)23(16(14)25)7-4-10-24/h3,5-6,11,14-15,24H,4,7-10H2,1-2H3. The van der Waals surface area contributed by atoms with Crippen LogP contribution in [0.4, 0.5) is 10.5 Å². The van der Waals surface area contributed by atoms with E-state index < -0.39 is 12.2 Å². The highest BCUT2D eigenvalue weighted by atomic mass is 16.3. The molecule has 2 unspecified atom stereocenters. The molecule has 0 spiro atoms. The molecule has 138 valence electrons. The average Bonchev–Trinajstić information content (AvgIpc) is 3.19. The number of aliphatic hydroxyl groups is 1. The molecule has 1 aromatic carbocycles. The second kappa shape index (κ2) is 6.28. The van der Waals surface area contributed by atoms with Gasteiger partial charge in [-0.1, -0.05) is 12.1 Å². The summed E-state index contributed by atoms with van der Waals surface area (Å²) in [5.74, 6) is 0.527. The van der Waals surface area contributed by atoms with Gasteiger partial charge in [0, 0.05) is 39.0 Å². The summed E-state index contributed by atoms with van der Waals surface area (Å²) in [4.78, 5) is 37.1. The van der Waals surface area contributed by atoms with Crippen molar-refractivity contribution in [1.29, 1.82) is 0 Å². The topological polar surface area (TPSA) is 79.7 Å². The van der Waals surface area contributed by atoms with Crippen LogP contribution in [0.3, 0.4) is 0 Å². The van der Waals surface area contributed by atoms with E-state index in [4.69, 9.17) is 10.1 Å². The average molecular weight is 357 g/mol. The summed E-state index contributed by atoms with van der Waals surface area (Å²) in [5, 5.41) is 9.05. The molecular formula is C18H23N5O3. The van der Waals surface area contributed by atoms with E-state index in [1.54, 1.807) is 7.05 Å². The van der Waals surface area contributed by atoms with E-state index in [2.05, 4.69) is 11.0 Å². The molecule has 0 aliphatic carbocycles. The van der Waals surface area contributed by atoms with Crippen molar-refractivity contribution < 1.29 is 14.7 Å². The number of carbonyl (C=O) groups excluding carboxylic acids is 2. The predicted octanol–water partition coefficient (Wildman–Crippen LogP) is 0.458. The lowest BCUT2D eigenvalue weighted by Gasteiger charge is -2.40. The number of aliphatic hydroxyl groups excluding tert-OH is 1. The van der Waals surface area contributed by atoms with E-state index in [-0.39, 0.29) is 25.1 Å². The number of imide groups is 1. The van der Waals surface area contributed by atoms with Gasteiger partial charge in [0.1, 0.15) is 0 Å². The Bertz CT molecular complexity index is 780. The van der Waals surface area contributed by atoms with Gasteiger partial charge >= 0.3 is 6.03 Å². The normalized spacial score (nSPS) is 25.0. The number of fused-ring (bicyclic) bond motifs is 3. The minimum absolute atomic E-state index is 0.0541. The molecule has 2 atom stereocenters. The molecule has 8 nitrogen and oxygen atoms in total. The molecular weight excluding hydrogens is 334 g/mol. The maximum Gasteiger partial charge on any atom is 0.328 e. The zero-order chi connectivity index (χ0) is 18.4. The number of aliphatic imine (C=N–C) groups is 1. The van der Waals surface area contributed by atoms with E-state index in [0.29, 0.717) is 13.0 Å². The van der Waals surface area contributed by atoms with Gasteiger partial charge in [-0.15, -0.1) is 0 Å². The maximum atomic E-state index is 13.0. The fourth-order valence-electron chi connectivity index (χ4n) is 3.91. The van der Waals surface area contributed by atoms with Crippen LogP contribution in [0.25, 0.3) is 0 Å². The third kappa shape index (κ3) is 2.44. The Hall–Kier alpha value is -2.61. The lowest BCUT2D eigenvalue weighted by Crippen LogP contribution is -2.64. The number of hydrogen-bond acceptors (Lipinski definition) is 6. The lowest BCUT2D eigenvalue weighted by molar-refractivity contribution is -0.137. The molecule has 26 heavy (non-hydrogen) atoms. The van der Waals surface area contributed by atoms with Crippen LogP contribution < -0.4 is 4.90 Å². The van der Waals surface area contributed by atoms with E-state index >= 15 is 0 Å². The highest BCUT2D eigenvalue weighted by Crippen LogP contribution is 2.33. The second-order valence-corrected chi connectivity index (χ2v) is 6.93. The highest BCUT2D eigenvalue weighted by molar-refractivity contribution is 6.08. The molecule has 0 radical (unpaired) electrons. The van der Waals surface area contributed by atoms with Crippen molar-refractivity contribution in [2.45, 2.75) is 25.6 Å². The first-order chi connectivity index (χ1) is 12.5. The quantitative estimate of drug-likeness (QED) is 0.847. The summed E-state index contributed by atoms with van der Waals surface area (Å²) in [6.45, 7) is 3.67. The van der Waals surface area contributed by atoms with Gasteiger partial charge < -0.3 is 19.8 Å². The number of amides is 3. The van der Waals surface area contributed by atoms with E-state index in [0.717, 1.165) is 23.8 Å². The Morgan fingerprint density at radius 3 is 2.81 bits per heavy atom. The van der Waals surface area contributed by atoms with Crippen LogP contribution in [0, 0.1) is 6.92 Å². The summed E-state index contributed by atoms with van der Waals surface area (Å²) in [7, 11) is 1.68. The first-order valence-electron chi connectivity index (χ1n) is 8.90. The number of hydrogen-bond donors (Lipinski definition) is 1. The molecule has 1 N–H and O–H groups in total. The third-order valence-corrected chi connectivity index (χ3v) is 5.23. The molecule has 0 saturated carbocycles. The predicted molar refractivity (Wildman–Crippen MR) is 96.8 cm³/mol. The lowest BCUT2D eigenvalue weighted by atomic mass is 10.1. The first kappa shape index (κ1) is 16.8. The Morgan fingerprint density at radius 1 is 1.27 bits per heavy atom. The van der Waals surface area contributed by atoms with Crippen LogP contribution in [-0.2, 0) is 4.79 Å². The van der Waals surface area contributed by atoms with Gasteiger partial charge in [0.2, 0.25) is 5.96 Å². The van der Waals surface area contributed by atoms with Crippen LogP contribution in [0.2, 0.25) is 0 Å². The highest BCUT2D eigenvalue weighted by Gasteiger charge is 2.54. The summed E-state index contributed by atoms with van der Waals surface area (Å²) in [6.07, 6.45) is -0.116. The molecule has 2 saturated heterocycles. The van der Waals surface area contributed by atoms with Gasteiger partial charge in [0.15, 0.2) is 12.2 Å². The van der Waals surface area contributed by atoms with Crippen LogP contribution in [0.15, 0.2) is 29.3 Å². The largest absolute Gasteiger partial charge is 0.396 e. The number of carbonyl (C=O) groups is 2. The van der Waals surface area contributed by atoms with Crippen LogP contribution in [0.5, 0.6) is 0 Å². The SMILES string of the molecule is Cc1cccc(N2CCN3C2=NC2C3C(=O)N(CCCO)C(=O)N2C)c1. The molecule has 0 bridgehead atoms.